The van der Waals surface area contributed by atoms with Gasteiger partial charge >= 0.3 is 6.18 Å². The number of nitrogens with zero attached hydrogens (tertiary/aromatic N) is 2. The predicted molar refractivity (Wildman–Crippen MR) is 97.6 cm³/mol. The van der Waals surface area contributed by atoms with Gasteiger partial charge in [0.15, 0.2) is 5.13 Å². The maximum Gasteiger partial charge on any atom is 0.416 e. The van der Waals surface area contributed by atoms with E-state index in [2.05, 4.69) is 15.3 Å². The van der Waals surface area contributed by atoms with Crippen molar-refractivity contribution >= 4 is 33.1 Å². The Morgan fingerprint density at radius 3 is 2.65 bits per heavy atom. The number of hydrogen-bond acceptors (Lipinski definition) is 4. The van der Waals surface area contributed by atoms with E-state index in [0.717, 1.165) is 34.3 Å². The van der Waals surface area contributed by atoms with Crippen molar-refractivity contribution in [1.82, 2.24) is 9.97 Å². The van der Waals surface area contributed by atoms with E-state index in [-0.39, 0.29) is 0 Å². The van der Waals surface area contributed by atoms with Crippen LogP contribution in [0.1, 0.15) is 5.56 Å². The zero-order valence-corrected chi connectivity index (χ0v) is 14.1. The zero-order valence-electron chi connectivity index (χ0n) is 13.3. The molecule has 0 fully saturated rings. The highest BCUT2D eigenvalue weighted by molar-refractivity contribution is 7.14. The van der Waals surface area contributed by atoms with E-state index in [1.54, 1.807) is 12.3 Å². The van der Waals surface area contributed by atoms with Gasteiger partial charge < -0.3 is 5.32 Å². The van der Waals surface area contributed by atoms with Crippen LogP contribution in [0.25, 0.3) is 22.2 Å². The van der Waals surface area contributed by atoms with Gasteiger partial charge in [-0.1, -0.05) is 24.3 Å². The fourth-order valence-electron chi connectivity index (χ4n) is 2.57. The first-order valence-electron chi connectivity index (χ1n) is 7.74. The molecule has 4 aromatic rings. The van der Waals surface area contributed by atoms with Crippen LogP contribution in [0.15, 0.2) is 66.2 Å². The Labute approximate surface area is 151 Å². The number of nitrogens with one attached hydrogen (secondary N) is 1. The molecule has 0 aliphatic heterocycles. The Hall–Kier alpha value is -2.93. The van der Waals surface area contributed by atoms with Crippen LogP contribution in [0.5, 0.6) is 0 Å². The average molecular weight is 371 g/mol. The molecule has 130 valence electrons. The van der Waals surface area contributed by atoms with Gasteiger partial charge in [0.05, 0.1) is 16.8 Å². The fourth-order valence-corrected chi connectivity index (χ4v) is 3.31. The van der Waals surface area contributed by atoms with Gasteiger partial charge in [0.25, 0.3) is 0 Å². The molecule has 2 aromatic carbocycles. The molecule has 0 unspecified atom stereocenters. The third-order valence-corrected chi connectivity index (χ3v) is 4.59. The molecule has 0 spiro atoms. The predicted octanol–water partition coefficient (Wildman–Crippen LogP) is 6.12. The largest absolute Gasteiger partial charge is 0.416 e. The quantitative estimate of drug-likeness (QED) is 0.471. The maximum absolute atomic E-state index is 12.8. The molecule has 7 heteroatoms. The first kappa shape index (κ1) is 16.5. The van der Waals surface area contributed by atoms with Crippen LogP contribution in [-0.2, 0) is 6.18 Å². The third kappa shape index (κ3) is 3.39. The van der Waals surface area contributed by atoms with E-state index in [4.69, 9.17) is 0 Å². The van der Waals surface area contributed by atoms with Gasteiger partial charge in [0, 0.05) is 28.2 Å². The van der Waals surface area contributed by atoms with Crippen LogP contribution < -0.4 is 5.32 Å². The van der Waals surface area contributed by atoms with Gasteiger partial charge in [0.1, 0.15) is 0 Å². The fraction of sp³-hybridized carbons (Fsp3) is 0.0526. The highest BCUT2D eigenvalue weighted by atomic mass is 32.1. The second kappa shape index (κ2) is 6.42. The van der Waals surface area contributed by atoms with Crippen molar-refractivity contribution in [2.45, 2.75) is 6.18 Å². The topological polar surface area (TPSA) is 37.8 Å². The van der Waals surface area contributed by atoms with Crippen LogP contribution in [0.3, 0.4) is 0 Å². The van der Waals surface area contributed by atoms with Gasteiger partial charge in [0.2, 0.25) is 0 Å². The average Bonchev–Trinajstić information content (AvgIpc) is 3.09. The molecule has 0 aliphatic rings. The molecule has 4 rings (SSSR count). The summed E-state index contributed by atoms with van der Waals surface area (Å²) in [7, 11) is 0. The molecule has 2 aromatic heterocycles. The summed E-state index contributed by atoms with van der Waals surface area (Å²) in [5.74, 6) is 0. The maximum atomic E-state index is 12.8. The molecule has 2 heterocycles. The number of thiazole rings is 1. The van der Waals surface area contributed by atoms with Gasteiger partial charge in [-0.15, -0.1) is 11.3 Å². The standard InChI is InChI=1S/C19H12F3N3S/c20-19(21,22)14-5-3-6-15(9-14)24-18-25-17(11-26-18)13-8-12-4-1-2-7-16(12)23-10-13/h1-11H,(H,24,25). The van der Waals surface area contributed by atoms with Crippen molar-refractivity contribution in [2.24, 2.45) is 0 Å². The second-order valence-corrected chi connectivity index (χ2v) is 6.52. The number of halogens is 3. The molecule has 0 radical (unpaired) electrons. The van der Waals surface area contributed by atoms with Crippen LogP contribution in [0.2, 0.25) is 0 Å². The first-order valence-corrected chi connectivity index (χ1v) is 8.62. The lowest BCUT2D eigenvalue weighted by atomic mass is 10.1. The number of para-hydroxylation sites is 1. The molecule has 1 N–H and O–H groups in total. The number of fused-ring (bicyclic) bond motifs is 1. The van der Waals surface area contributed by atoms with Crippen LogP contribution in [0.4, 0.5) is 24.0 Å². The minimum atomic E-state index is -4.37. The molecule has 0 atom stereocenters. The van der Waals surface area contributed by atoms with Crippen LogP contribution in [0, 0.1) is 0 Å². The number of anilines is 2. The Bertz CT molecular complexity index is 1070. The minimum Gasteiger partial charge on any atom is -0.332 e. The first-order chi connectivity index (χ1) is 12.5. The number of rotatable bonds is 3. The summed E-state index contributed by atoms with van der Waals surface area (Å²) in [5, 5.41) is 6.31. The van der Waals surface area contributed by atoms with Gasteiger partial charge in [-0.3, -0.25) is 4.98 Å². The highest BCUT2D eigenvalue weighted by Crippen LogP contribution is 2.33. The minimum absolute atomic E-state index is 0.345. The van der Waals surface area contributed by atoms with E-state index in [1.807, 2.05) is 35.7 Å². The van der Waals surface area contributed by atoms with Crippen LogP contribution >= 0.6 is 11.3 Å². The Morgan fingerprint density at radius 1 is 0.962 bits per heavy atom. The number of aromatic nitrogens is 2. The van der Waals surface area contributed by atoms with Crippen molar-refractivity contribution in [1.29, 1.82) is 0 Å². The second-order valence-electron chi connectivity index (χ2n) is 5.66. The summed E-state index contributed by atoms with van der Waals surface area (Å²) in [6, 6.07) is 14.8. The van der Waals surface area contributed by atoms with Gasteiger partial charge in [-0.2, -0.15) is 13.2 Å². The Balaban J connectivity index is 1.60. The summed E-state index contributed by atoms with van der Waals surface area (Å²) in [6.45, 7) is 0. The van der Waals surface area contributed by atoms with Crippen molar-refractivity contribution in [3.63, 3.8) is 0 Å². The zero-order chi connectivity index (χ0) is 18.1. The van der Waals surface area contributed by atoms with Crippen molar-refractivity contribution in [3.8, 4) is 11.3 Å². The van der Waals surface area contributed by atoms with E-state index in [1.165, 1.54) is 17.4 Å². The summed E-state index contributed by atoms with van der Waals surface area (Å²) < 4.78 is 38.4. The molecular formula is C19H12F3N3S. The van der Waals surface area contributed by atoms with Crippen molar-refractivity contribution in [2.75, 3.05) is 5.32 Å². The van der Waals surface area contributed by atoms with Crippen molar-refractivity contribution in [3.05, 3.63) is 71.7 Å². The highest BCUT2D eigenvalue weighted by Gasteiger charge is 2.30. The molecule has 3 nitrogen and oxygen atoms in total. The normalized spacial score (nSPS) is 11.7. The number of pyridine rings is 1. The number of alkyl halides is 3. The van der Waals surface area contributed by atoms with E-state index in [0.29, 0.717) is 10.8 Å². The molecule has 0 aliphatic carbocycles. The smallest absolute Gasteiger partial charge is 0.332 e. The van der Waals surface area contributed by atoms with Crippen LogP contribution in [-0.4, -0.2) is 9.97 Å². The van der Waals surface area contributed by atoms with Gasteiger partial charge in [-0.05, 0) is 30.3 Å². The molecule has 0 bridgehead atoms. The molecule has 26 heavy (non-hydrogen) atoms. The number of benzene rings is 2. The number of hydrogen-bond donors (Lipinski definition) is 1. The SMILES string of the molecule is FC(F)(F)c1cccc(Nc2nc(-c3cnc4ccccc4c3)cs2)c1. The lowest BCUT2D eigenvalue weighted by molar-refractivity contribution is -0.137. The summed E-state index contributed by atoms with van der Waals surface area (Å²) >= 11 is 1.33. The summed E-state index contributed by atoms with van der Waals surface area (Å²) in [4.78, 5) is 8.87. The summed E-state index contributed by atoms with van der Waals surface area (Å²) in [5.41, 5.74) is 2.13. The molecule has 0 saturated heterocycles. The monoisotopic (exact) mass is 371 g/mol. The van der Waals surface area contributed by atoms with Gasteiger partial charge in [-0.25, -0.2) is 4.98 Å². The molecule has 0 saturated carbocycles. The van der Waals surface area contributed by atoms with E-state index >= 15 is 0 Å². The Kier molecular flexibility index (Phi) is 4.08. The van der Waals surface area contributed by atoms with E-state index < -0.39 is 11.7 Å². The molecular weight excluding hydrogens is 359 g/mol. The molecule has 0 amide bonds. The summed E-state index contributed by atoms with van der Waals surface area (Å²) in [6.07, 6.45) is -2.63. The lowest BCUT2D eigenvalue weighted by Gasteiger charge is -2.08. The lowest BCUT2D eigenvalue weighted by Crippen LogP contribution is -2.05. The van der Waals surface area contributed by atoms with E-state index in [9.17, 15) is 13.2 Å². The van der Waals surface area contributed by atoms with Crippen molar-refractivity contribution < 1.29 is 13.2 Å². The third-order valence-electron chi connectivity index (χ3n) is 3.83. The Morgan fingerprint density at radius 2 is 1.81 bits per heavy atom.